The number of anilines is 1. The summed E-state index contributed by atoms with van der Waals surface area (Å²) >= 11 is 6.15. The largest absolute Gasteiger partial charge is 0.322 e. The molecule has 1 N–H and O–H groups in total. The predicted octanol–water partition coefficient (Wildman–Crippen LogP) is 6.13. The minimum absolute atomic E-state index is 0.175. The molecule has 4 aromatic rings. The highest BCUT2D eigenvalue weighted by atomic mass is 35.5. The van der Waals surface area contributed by atoms with E-state index in [9.17, 15) is 4.79 Å². The minimum Gasteiger partial charge on any atom is -0.322 e. The van der Waals surface area contributed by atoms with Gasteiger partial charge in [0, 0.05) is 22.3 Å². The van der Waals surface area contributed by atoms with Gasteiger partial charge in [-0.1, -0.05) is 35.4 Å². The fourth-order valence-corrected chi connectivity index (χ4v) is 4.03. The second kappa shape index (κ2) is 7.50. The standard InChI is InChI=1S/C25H23ClN4O/c1-14-4-10-19(11-5-14)30-24-23(16(3)29-30)20(13-22(27-24)17-7-8-17)25(31)28-21-12-18(26)9-6-15(21)2/h4-6,9-13,17H,7-8H2,1-3H3,(H,28,31). The maximum absolute atomic E-state index is 13.4. The zero-order valence-electron chi connectivity index (χ0n) is 17.7. The highest BCUT2D eigenvalue weighted by Gasteiger charge is 2.29. The lowest BCUT2D eigenvalue weighted by atomic mass is 10.1. The van der Waals surface area contributed by atoms with Crippen molar-refractivity contribution in [2.75, 3.05) is 5.32 Å². The number of amides is 1. The van der Waals surface area contributed by atoms with Crippen molar-refractivity contribution in [2.24, 2.45) is 0 Å². The van der Waals surface area contributed by atoms with Crippen LogP contribution >= 0.6 is 11.6 Å². The topological polar surface area (TPSA) is 59.8 Å². The molecule has 5 nitrogen and oxygen atoms in total. The third-order valence-corrected chi connectivity index (χ3v) is 6.03. The SMILES string of the molecule is Cc1ccc(-n2nc(C)c3c(C(=O)Nc4cc(Cl)ccc4C)cc(C4CC4)nc32)cc1. The molecule has 0 saturated heterocycles. The molecule has 0 atom stereocenters. The van der Waals surface area contributed by atoms with E-state index < -0.39 is 0 Å². The summed E-state index contributed by atoms with van der Waals surface area (Å²) in [6.45, 7) is 5.93. The molecule has 0 aliphatic heterocycles. The number of nitrogens with zero attached hydrogens (tertiary/aromatic N) is 3. The Morgan fingerprint density at radius 3 is 2.52 bits per heavy atom. The molecule has 2 heterocycles. The van der Waals surface area contributed by atoms with Crippen molar-refractivity contribution < 1.29 is 4.79 Å². The normalized spacial score (nSPS) is 13.5. The van der Waals surface area contributed by atoms with Gasteiger partial charge in [0.2, 0.25) is 0 Å². The van der Waals surface area contributed by atoms with Gasteiger partial charge in [0.25, 0.3) is 5.91 Å². The Kier molecular flexibility index (Phi) is 4.78. The molecule has 1 fully saturated rings. The molecule has 0 radical (unpaired) electrons. The molecule has 1 saturated carbocycles. The zero-order valence-corrected chi connectivity index (χ0v) is 18.5. The molecule has 1 aliphatic rings. The molecule has 2 aromatic heterocycles. The first-order valence-corrected chi connectivity index (χ1v) is 10.8. The van der Waals surface area contributed by atoms with E-state index in [0.29, 0.717) is 22.2 Å². The number of aromatic nitrogens is 3. The van der Waals surface area contributed by atoms with E-state index in [4.69, 9.17) is 21.7 Å². The third-order valence-electron chi connectivity index (χ3n) is 5.80. The first-order valence-electron chi connectivity index (χ1n) is 10.5. The van der Waals surface area contributed by atoms with Crippen LogP contribution in [0.4, 0.5) is 5.69 Å². The Hall–Kier alpha value is -3.18. The maximum atomic E-state index is 13.4. The number of nitrogens with one attached hydrogen (secondary N) is 1. The van der Waals surface area contributed by atoms with Crippen LogP contribution in [-0.2, 0) is 0 Å². The van der Waals surface area contributed by atoms with E-state index in [2.05, 4.69) is 24.4 Å². The van der Waals surface area contributed by atoms with Crippen LogP contribution in [0.1, 0.15) is 51.6 Å². The Balaban J connectivity index is 1.66. The van der Waals surface area contributed by atoms with Gasteiger partial charge in [0.1, 0.15) is 0 Å². The first-order chi connectivity index (χ1) is 14.9. The maximum Gasteiger partial charge on any atom is 0.256 e. The number of hydrogen-bond acceptors (Lipinski definition) is 3. The van der Waals surface area contributed by atoms with E-state index in [1.54, 1.807) is 6.07 Å². The molecule has 1 aliphatic carbocycles. The summed E-state index contributed by atoms with van der Waals surface area (Å²) in [6.07, 6.45) is 2.20. The van der Waals surface area contributed by atoms with Crippen LogP contribution in [0.5, 0.6) is 0 Å². The van der Waals surface area contributed by atoms with E-state index in [1.165, 1.54) is 5.56 Å². The second-order valence-electron chi connectivity index (χ2n) is 8.31. The Labute approximate surface area is 186 Å². The van der Waals surface area contributed by atoms with Crippen LogP contribution in [0, 0.1) is 20.8 Å². The number of aryl methyl sites for hydroxylation is 3. The molecule has 0 unspecified atom stereocenters. The van der Waals surface area contributed by atoms with Gasteiger partial charge in [-0.2, -0.15) is 5.10 Å². The average molecular weight is 431 g/mol. The van der Waals surface area contributed by atoms with Crippen molar-refractivity contribution in [3.63, 3.8) is 0 Å². The number of pyridine rings is 1. The van der Waals surface area contributed by atoms with Crippen LogP contribution < -0.4 is 5.32 Å². The van der Waals surface area contributed by atoms with Gasteiger partial charge in [0.15, 0.2) is 5.65 Å². The van der Waals surface area contributed by atoms with Gasteiger partial charge >= 0.3 is 0 Å². The predicted molar refractivity (Wildman–Crippen MR) is 124 cm³/mol. The van der Waals surface area contributed by atoms with E-state index in [0.717, 1.165) is 46.5 Å². The smallest absolute Gasteiger partial charge is 0.256 e. The number of hydrogen-bond donors (Lipinski definition) is 1. The monoisotopic (exact) mass is 430 g/mol. The average Bonchev–Trinajstić information content (AvgIpc) is 3.55. The lowest BCUT2D eigenvalue weighted by molar-refractivity contribution is 0.102. The number of rotatable bonds is 4. The van der Waals surface area contributed by atoms with E-state index in [1.807, 2.05) is 48.9 Å². The molecule has 31 heavy (non-hydrogen) atoms. The van der Waals surface area contributed by atoms with Gasteiger partial charge < -0.3 is 5.32 Å². The van der Waals surface area contributed by atoms with Crippen molar-refractivity contribution in [3.8, 4) is 5.69 Å². The summed E-state index contributed by atoms with van der Waals surface area (Å²) in [5, 5.41) is 9.15. The summed E-state index contributed by atoms with van der Waals surface area (Å²) in [6, 6.07) is 15.6. The van der Waals surface area contributed by atoms with Crippen molar-refractivity contribution in [1.29, 1.82) is 0 Å². The molecule has 0 bridgehead atoms. The van der Waals surface area contributed by atoms with Crippen LogP contribution in [0.2, 0.25) is 5.02 Å². The third kappa shape index (κ3) is 3.70. The number of fused-ring (bicyclic) bond motifs is 1. The highest BCUT2D eigenvalue weighted by molar-refractivity contribution is 6.31. The van der Waals surface area contributed by atoms with Crippen LogP contribution in [0.25, 0.3) is 16.7 Å². The molecule has 0 spiro atoms. The van der Waals surface area contributed by atoms with Crippen molar-refractivity contribution in [1.82, 2.24) is 14.8 Å². The molecular formula is C25H23ClN4O. The van der Waals surface area contributed by atoms with Crippen molar-refractivity contribution >= 4 is 34.2 Å². The zero-order chi connectivity index (χ0) is 21.7. The summed E-state index contributed by atoms with van der Waals surface area (Å²) in [7, 11) is 0. The molecular weight excluding hydrogens is 408 g/mol. The van der Waals surface area contributed by atoms with Crippen LogP contribution in [0.3, 0.4) is 0 Å². The number of halogens is 1. The van der Waals surface area contributed by atoms with Gasteiger partial charge in [-0.3, -0.25) is 4.79 Å². The summed E-state index contributed by atoms with van der Waals surface area (Å²) in [4.78, 5) is 18.3. The van der Waals surface area contributed by atoms with Gasteiger partial charge in [0.05, 0.1) is 22.3 Å². The van der Waals surface area contributed by atoms with Crippen LogP contribution in [-0.4, -0.2) is 20.7 Å². The number of benzene rings is 2. The van der Waals surface area contributed by atoms with Crippen LogP contribution in [0.15, 0.2) is 48.5 Å². The second-order valence-corrected chi connectivity index (χ2v) is 8.75. The number of carbonyl (C=O) groups is 1. The highest BCUT2D eigenvalue weighted by Crippen LogP contribution is 2.41. The van der Waals surface area contributed by atoms with Gasteiger partial charge in [-0.25, -0.2) is 9.67 Å². The fourth-order valence-electron chi connectivity index (χ4n) is 3.86. The molecule has 6 heteroatoms. The molecule has 1 amide bonds. The summed E-state index contributed by atoms with van der Waals surface area (Å²) in [5.74, 6) is 0.233. The lowest BCUT2D eigenvalue weighted by Crippen LogP contribution is -2.14. The summed E-state index contributed by atoms with van der Waals surface area (Å²) in [5.41, 5.74) is 6.83. The summed E-state index contributed by atoms with van der Waals surface area (Å²) < 4.78 is 1.84. The molecule has 2 aromatic carbocycles. The minimum atomic E-state index is -0.175. The lowest BCUT2D eigenvalue weighted by Gasteiger charge is -2.11. The number of carbonyl (C=O) groups excluding carboxylic acids is 1. The van der Waals surface area contributed by atoms with Crippen molar-refractivity contribution in [3.05, 3.63) is 81.6 Å². The van der Waals surface area contributed by atoms with Gasteiger partial charge in [-0.05, 0) is 69.5 Å². The van der Waals surface area contributed by atoms with E-state index >= 15 is 0 Å². The Morgan fingerprint density at radius 2 is 1.81 bits per heavy atom. The van der Waals surface area contributed by atoms with Crippen molar-refractivity contribution in [2.45, 2.75) is 39.5 Å². The van der Waals surface area contributed by atoms with Gasteiger partial charge in [-0.15, -0.1) is 0 Å². The first kappa shape index (κ1) is 19.8. The van der Waals surface area contributed by atoms with E-state index in [-0.39, 0.29) is 5.91 Å². The Bertz CT molecular complexity index is 1320. The molecule has 5 rings (SSSR count). The fraction of sp³-hybridized carbons (Fsp3) is 0.240. The molecule has 156 valence electrons. The quantitative estimate of drug-likeness (QED) is 0.423. The Morgan fingerprint density at radius 1 is 1.06 bits per heavy atom.